The van der Waals surface area contributed by atoms with E-state index in [2.05, 4.69) is 31.0 Å². The number of alkyl halides is 3. The summed E-state index contributed by atoms with van der Waals surface area (Å²) in [5.41, 5.74) is 0. The van der Waals surface area contributed by atoms with E-state index in [1.165, 1.54) is 0 Å². The number of likely N-dealkylation sites (N-methyl/N-ethyl adjacent to an activating group) is 1. The largest absolute Gasteiger partial charge is 0.393 e. The van der Waals surface area contributed by atoms with Crippen LogP contribution in [0.4, 0.5) is 13.2 Å². The van der Waals surface area contributed by atoms with E-state index in [-0.39, 0.29) is 12.6 Å². The van der Waals surface area contributed by atoms with Crippen molar-refractivity contribution in [3.63, 3.8) is 0 Å². The van der Waals surface area contributed by atoms with Gasteiger partial charge in [-0.3, -0.25) is 4.90 Å². The average molecular weight is 306 g/mol. The molecular formula is C16H29F3N2. The number of nitrogens with one attached hydrogen (secondary N) is 1. The van der Waals surface area contributed by atoms with Gasteiger partial charge < -0.3 is 5.32 Å². The minimum atomic E-state index is -4.04. The van der Waals surface area contributed by atoms with Gasteiger partial charge in [-0.05, 0) is 50.6 Å². The molecule has 1 N–H and O–H groups in total. The van der Waals surface area contributed by atoms with Gasteiger partial charge in [-0.1, -0.05) is 20.8 Å². The molecule has 1 heterocycles. The molecule has 2 aliphatic rings. The molecule has 124 valence electrons. The fraction of sp³-hybridized carbons (Fsp3) is 1.00. The standard InChI is InChI=1S/C16H29F3N2/c1-4-20-14-9-11(2)8-12(3)15(14)21-7-5-6-13(10-21)16(17,18)19/h11-15,20H,4-10H2,1-3H3. The molecule has 1 aliphatic heterocycles. The summed E-state index contributed by atoms with van der Waals surface area (Å²) in [5, 5.41) is 3.52. The van der Waals surface area contributed by atoms with Crippen LogP contribution >= 0.6 is 0 Å². The van der Waals surface area contributed by atoms with Gasteiger partial charge in [0.15, 0.2) is 0 Å². The molecule has 5 unspecified atom stereocenters. The maximum Gasteiger partial charge on any atom is 0.393 e. The highest BCUT2D eigenvalue weighted by atomic mass is 19.4. The van der Waals surface area contributed by atoms with Crippen LogP contribution in [0.25, 0.3) is 0 Å². The minimum absolute atomic E-state index is 0.189. The van der Waals surface area contributed by atoms with Crippen molar-refractivity contribution < 1.29 is 13.2 Å². The summed E-state index contributed by atoms with van der Waals surface area (Å²) in [7, 11) is 0. The highest BCUT2D eigenvalue weighted by Gasteiger charge is 2.45. The Morgan fingerprint density at radius 2 is 1.90 bits per heavy atom. The maximum atomic E-state index is 13.0. The predicted octanol–water partition coefficient (Wildman–Crippen LogP) is 3.67. The molecule has 0 aromatic carbocycles. The molecule has 0 amide bonds. The van der Waals surface area contributed by atoms with E-state index < -0.39 is 12.1 Å². The van der Waals surface area contributed by atoms with Crippen LogP contribution in [0.1, 0.15) is 46.5 Å². The fourth-order valence-electron chi connectivity index (χ4n) is 4.46. The first-order valence-corrected chi connectivity index (χ1v) is 8.37. The monoisotopic (exact) mass is 306 g/mol. The van der Waals surface area contributed by atoms with E-state index in [1.807, 2.05) is 0 Å². The van der Waals surface area contributed by atoms with Crippen molar-refractivity contribution >= 4 is 0 Å². The van der Waals surface area contributed by atoms with Gasteiger partial charge >= 0.3 is 6.18 Å². The first kappa shape index (κ1) is 17.1. The summed E-state index contributed by atoms with van der Waals surface area (Å²) in [6, 6.07) is 0.590. The predicted molar refractivity (Wildman–Crippen MR) is 79.2 cm³/mol. The molecule has 2 rings (SSSR count). The lowest BCUT2D eigenvalue weighted by atomic mass is 9.75. The quantitative estimate of drug-likeness (QED) is 0.856. The first-order chi connectivity index (χ1) is 9.82. The second kappa shape index (κ2) is 6.86. The van der Waals surface area contributed by atoms with Crippen LogP contribution in [0.2, 0.25) is 0 Å². The van der Waals surface area contributed by atoms with Crippen molar-refractivity contribution in [1.29, 1.82) is 0 Å². The van der Waals surface area contributed by atoms with Crippen LogP contribution in [-0.2, 0) is 0 Å². The first-order valence-electron chi connectivity index (χ1n) is 8.37. The summed E-state index contributed by atoms with van der Waals surface area (Å²) in [6.07, 6.45) is -0.876. The van der Waals surface area contributed by atoms with Crippen LogP contribution in [0, 0.1) is 17.8 Å². The fourth-order valence-corrected chi connectivity index (χ4v) is 4.46. The zero-order valence-corrected chi connectivity index (χ0v) is 13.4. The van der Waals surface area contributed by atoms with Crippen molar-refractivity contribution in [2.45, 2.75) is 64.7 Å². The molecular weight excluding hydrogens is 277 g/mol. The Morgan fingerprint density at radius 1 is 1.19 bits per heavy atom. The van der Waals surface area contributed by atoms with E-state index in [0.717, 1.165) is 25.9 Å². The lowest BCUT2D eigenvalue weighted by Gasteiger charge is -2.48. The Labute approximate surface area is 126 Å². The normalized spacial score (nSPS) is 39.4. The van der Waals surface area contributed by atoms with Crippen molar-refractivity contribution in [1.82, 2.24) is 10.2 Å². The second-order valence-corrected chi connectivity index (χ2v) is 7.08. The van der Waals surface area contributed by atoms with Crippen molar-refractivity contribution in [3.05, 3.63) is 0 Å². The van der Waals surface area contributed by atoms with Gasteiger partial charge in [0.2, 0.25) is 0 Å². The van der Waals surface area contributed by atoms with E-state index in [0.29, 0.717) is 30.7 Å². The molecule has 21 heavy (non-hydrogen) atoms. The lowest BCUT2D eigenvalue weighted by molar-refractivity contribution is -0.190. The van der Waals surface area contributed by atoms with Gasteiger partial charge in [-0.15, -0.1) is 0 Å². The molecule has 2 fully saturated rings. The Kier molecular flexibility index (Phi) is 5.58. The summed E-state index contributed by atoms with van der Waals surface area (Å²) in [5.74, 6) is -0.0200. The number of hydrogen-bond acceptors (Lipinski definition) is 2. The Balaban J connectivity index is 2.09. The topological polar surface area (TPSA) is 15.3 Å². The summed E-state index contributed by atoms with van der Waals surface area (Å²) < 4.78 is 39.1. The molecule has 5 heteroatoms. The number of nitrogens with zero attached hydrogens (tertiary/aromatic N) is 1. The van der Waals surface area contributed by atoms with Gasteiger partial charge in [0, 0.05) is 18.6 Å². The third-order valence-electron chi connectivity index (χ3n) is 5.23. The molecule has 1 aliphatic carbocycles. The molecule has 1 saturated heterocycles. The number of halogens is 3. The Morgan fingerprint density at radius 3 is 2.52 bits per heavy atom. The van der Waals surface area contributed by atoms with E-state index in [9.17, 15) is 13.2 Å². The van der Waals surface area contributed by atoms with Crippen molar-refractivity contribution in [3.8, 4) is 0 Å². The Bertz CT molecular complexity index is 332. The van der Waals surface area contributed by atoms with E-state index in [4.69, 9.17) is 0 Å². The molecule has 0 spiro atoms. The molecule has 0 aromatic heterocycles. The lowest BCUT2D eigenvalue weighted by Crippen LogP contribution is -2.59. The van der Waals surface area contributed by atoms with Gasteiger partial charge in [0.25, 0.3) is 0 Å². The Hall–Kier alpha value is -0.290. The van der Waals surface area contributed by atoms with Crippen LogP contribution in [0.3, 0.4) is 0 Å². The highest BCUT2D eigenvalue weighted by molar-refractivity contribution is 4.96. The van der Waals surface area contributed by atoms with Gasteiger partial charge in [0.05, 0.1) is 5.92 Å². The van der Waals surface area contributed by atoms with Gasteiger partial charge in [-0.2, -0.15) is 13.2 Å². The van der Waals surface area contributed by atoms with Crippen LogP contribution in [0.15, 0.2) is 0 Å². The smallest absolute Gasteiger partial charge is 0.313 e. The van der Waals surface area contributed by atoms with Crippen LogP contribution in [-0.4, -0.2) is 42.8 Å². The number of rotatable bonds is 3. The molecule has 0 radical (unpaired) electrons. The van der Waals surface area contributed by atoms with Gasteiger partial charge in [-0.25, -0.2) is 0 Å². The van der Waals surface area contributed by atoms with Crippen LogP contribution < -0.4 is 5.32 Å². The SMILES string of the molecule is CCNC1CC(C)CC(C)C1N1CCCC(C(F)(F)F)C1. The highest BCUT2D eigenvalue weighted by Crippen LogP contribution is 2.38. The molecule has 5 atom stereocenters. The van der Waals surface area contributed by atoms with E-state index in [1.54, 1.807) is 0 Å². The molecule has 0 bridgehead atoms. The third-order valence-corrected chi connectivity index (χ3v) is 5.23. The maximum absolute atomic E-state index is 13.0. The number of hydrogen-bond donors (Lipinski definition) is 1. The van der Waals surface area contributed by atoms with Crippen molar-refractivity contribution in [2.75, 3.05) is 19.6 Å². The minimum Gasteiger partial charge on any atom is -0.313 e. The zero-order valence-electron chi connectivity index (χ0n) is 13.4. The zero-order chi connectivity index (χ0) is 15.6. The average Bonchev–Trinajstić information content (AvgIpc) is 2.37. The molecule has 1 saturated carbocycles. The van der Waals surface area contributed by atoms with Gasteiger partial charge in [0.1, 0.15) is 0 Å². The van der Waals surface area contributed by atoms with Crippen molar-refractivity contribution in [2.24, 2.45) is 17.8 Å². The number of piperidine rings is 1. The molecule has 2 nitrogen and oxygen atoms in total. The summed E-state index contributed by atoms with van der Waals surface area (Å²) >= 11 is 0. The van der Waals surface area contributed by atoms with Crippen LogP contribution in [0.5, 0.6) is 0 Å². The summed E-state index contributed by atoms with van der Waals surface area (Å²) in [4.78, 5) is 2.13. The second-order valence-electron chi connectivity index (χ2n) is 7.08. The van der Waals surface area contributed by atoms with E-state index >= 15 is 0 Å². The molecule has 0 aromatic rings. The summed E-state index contributed by atoms with van der Waals surface area (Å²) in [6.45, 7) is 8.44. The third kappa shape index (κ3) is 4.13. The number of likely N-dealkylation sites (tertiary alicyclic amines) is 1.